The molecule has 124 valence electrons. The molecule has 0 unspecified atom stereocenters. The molecule has 0 bridgehead atoms. The largest absolute Gasteiger partial charge is 0.497 e. The van der Waals surface area contributed by atoms with Crippen molar-refractivity contribution in [2.24, 2.45) is 0 Å². The van der Waals surface area contributed by atoms with Crippen molar-refractivity contribution in [2.75, 3.05) is 7.11 Å². The lowest BCUT2D eigenvalue weighted by Crippen LogP contribution is -2.16. The van der Waals surface area contributed by atoms with Gasteiger partial charge >= 0.3 is 5.97 Å². The van der Waals surface area contributed by atoms with Gasteiger partial charge in [0, 0.05) is 12.7 Å². The summed E-state index contributed by atoms with van der Waals surface area (Å²) in [5, 5.41) is 18.5. The van der Waals surface area contributed by atoms with E-state index in [-0.39, 0.29) is 6.61 Å². The molecule has 7 heteroatoms. The van der Waals surface area contributed by atoms with Crippen LogP contribution >= 0.6 is 11.8 Å². The van der Waals surface area contributed by atoms with Gasteiger partial charge in [-0.2, -0.15) is 0 Å². The first-order chi connectivity index (χ1) is 11.1. The fraction of sp³-hybridized carbons (Fsp3) is 0.375. The average molecular weight is 336 g/mol. The molecule has 0 aliphatic heterocycles. The first-order valence-electron chi connectivity index (χ1n) is 7.26. The number of aliphatic carboxylic acids is 1. The van der Waals surface area contributed by atoms with E-state index in [9.17, 15) is 15.0 Å². The Balaban J connectivity index is 2.22. The van der Waals surface area contributed by atoms with Gasteiger partial charge < -0.3 is 19.5 Å². The molecule has 2 N–H and O–H groups in total. The van der Waals surface area contributed by atoms with Crippen LogP contribution in [0.5, 0.6) is 5.75 Å². The molecule has 0 fully saturated rings. The van der Waals surface area contributed by atoms with E-state index in [0.717, 1.165) is 11.3 Å². The van der Waals surface area contributed by atoms with E-state index < -0.39 is 11.2 Å². The van der Waals surface area contributed by atoms with Crippen molar-refractivity contribution in [3.05, 3.63) is 41.7 Å². The molecule has 0 amide bonds. The van der Waals surface area contributed by atoms with Crippen molar-refractivity contribution in [3.8, 4) is 5.75 Å². The van der Waals surface area contributed by atoms with Crippen LogP contribution in [0.25, 0.3) is 0 Å². The Morgan fingerprint density at radius 1 is 1.39 bits per heavy atom. The first kappa shape index (κ1) is 17.4. The molecule has 6 nitrogen and oxygen atoms in total. The van der Waals surface area contributed by atoms with Crippen LogP contribution in [0.3, 0.4) is 0 Å². The molecule has 1 aromatic carbocycles. The number of aromatic nitrogens is 2. The maximum absolute atomic E-state index is 11.2. The highest BCUT2D eigenvalue weighted by Crippen LogP contribution is 2.26. The highest BCUT2D eigenvalue weighted by atomic mass is 32.2. The third-order valence-corrected chi connectivity index (χ3v) is 4.71. The van der Waals surface area contributed by atoms with Gasteiger partial charge in [0.2, 0.25) is 0 Å². The van der Waals surface area contributed by atoms with Gasteiger partial charge in [0.1, 0.15) is 11.0 Å². The van der Waals surface area contributed by atoms with E-state index in [1.54, 1.807) is 13.3 Å². The summed E-state index contributed by atoms with van der Waals surface area (Å²) in [5.74, 6) is -0.0796. The van der Waals surface area contributed by atoms with Crippen molar-refractivity contribution in [1.29, 1.82) is 0 Å². The number of aliphatic hydroxyl groups excluding tert-OH is 1. The molecule has 0 saturated carbocycles. The van der Waals surface area contributed by atoms with Crippen LogP contribution in [-0.4, -0.2) is 38.1 Å². The lowest BCUT2D eigenvalue weighted by Gasteiger charge is -2.11. The van der Waals surface area contributed by atoms with E-state index in [1.807, 2.05) is 35.8 Å². The highest BCUT2D eigenvalue weighted by molar-refractivity contribution is 8.00. The molecule has 23 heavy (non-hydrogen) atoms. The lowest BCUT2D eigenvalue weighted by molar-refractivity contribution is -0.136. The van der Waals surface area contributed by atoms with Gasteiger partial charge in [-0.25, -0.2) is 4.98 Å². The van der Waals surface area contributed by atoms with Gasteiger partial charge in [-0.15, -0.1) is 0 Å². The second-order valence-corrected chi connectivity index (χ2v) is 6.17. The average Bonchev–Trinajstić information content (AvgIpc) is 2.94. The zero-order valence-corrected chi connectivity index (χ0v) is 13.9. The van der Waals surface area contributed by atoms with Gasteiger partial charge in [-0.3, -0.25) is 4.79 Å². The number of carbonyl (C=O) groups is 1. The van der Waals surface area contributed by atoms with Gasteiger partial charge in [0.05, 0.1) is 19.4 Å². The number of hydrogen-bond donors (Lipinski definition) is 2. The number of imidazole rings is 1. The summed E-state index contributed by atoms with van der Waals surface area (Å²) >= 11 is 1.20. The van der Waals surface area contributed by atoms with Crippen molar-refractivity contribution < 1.29 is 19.7 Å². The first-order valence-corrected chi connectivity index (χ1v) is 8.14. The molecule has 2 aromatic rings. The summed E-state index contributed by atoms with van der Waals surface area (Å²) in [6.45, 7) is 2.21. The topological polar surface area (TPSA) is 84.6 Å². The second-order valence-electron chi connectivity index (χ2n) is 5.00. The Bertz CT molecular complexity index is 655. The molecule has 1 atom stereocenters. The maximum Gasteiger partial charge on any atom is 0.317 e. The number of carboxylic acid groups (broad SMARTS) is 1. The molecule has 0 aliphatic carbocycles. The Morgan fingerprint density at radius 3 is 2.61 bits per heavy atom. The van der Waals surface area contributed by atoms with Crippen molar-refractivity contribution >= 4 is 17.7 Å². The smallest absolute Gasteiger partial charge is 0.317 e. The van der Waals surface area contributed by atoms with Crippen LogP contribution in [0, 0.1) is 0 Å². The third-order valence-electron chi connectivity index (χ3n) is 3.36. The minimum absolute atomic E-state index is 0.174. The van der Waals surface area contributed by atoms with Crippen molar-refractivity contribution in [2.45, 2.75) is 36.9 Å². The molecular formula is C16H20N2O4S. The van der Waals surface area contributed by atoms with Crippen LogP contribution in [0.1, 0.15) is 24.6 Å². The molecule has 0 aliphatic rings. The second kappa shape index (κ2) is 8.03. The molecule has 1 aromatic heterocycles. The number of benzene rings is 1. The van der Waals surface area contributed by atoms with Gasteiger partial charge in [0.15, 0.2) is 5.16 Å². The zero-order valence-electron chi connectivity index (χ0n) is 13.1. The number of nitrogens with zero attached hydrogens (tertiary/aromatic N) is 2. The van der Waals surface area contributed by atoms with E-state index in [4.69, 9.17) is 4.74 Å². The molecular weight excluding hydrogens is 316 g/mol. The van der Waals surface area contributed by atoms with Crippen LogP contribution in [0.4, 0.5) is 0 Å². The minimum atomic E-state index is -0.859. The number of aliphatic hydroxyl groups is 1. The zero-order chi connectivity index (χ0) is 16.8. The van der Waals surface area contributed by atoms with Gasteiger partial charge in [-0.1, -0.05) is 30.8 Å². The standard InChI is InChI=1S/C16H20N2O4S/c1-3-14(15(20)21)23-16-17-12(10-19)9-18(16)8-11-4-6-13(22-2)7-5-11/h4-7,9,14,19H,3,8,10H2,1-2H3,(H,20,21)/t14-/m0/s1. The monoisotopic (exact) mass is 336 g/mol. The van der Waals surface area contributed by atoms with Crippen molar-refractivity contribution in [3.63, 3.8) is 0 Å². The third kappa shape index (κ3) is 4.49. The van der Waals surface area contributed by atoms with Crippen molar-refractivity contribution in [1.82, 2.24) is 9.55 Å². The summed E-state index contributed by atoms with van der Waals surface area (Å²) in [6, 6.07) is 7.64. The number of methoxy groups -OCH3 is 1. The molecule has 2 rings (SSSR count). The fourth-order valence-corrected chi connectivity index (χ4v) is 3.04. The Hall–Kier alpha value is -1.99. The fourth-order valence-electron chi connectivity index (χ4n) is 2.10. The number of rotatable bonds is 8. The summed E-state index contributed by atoms with van der Waals surface area (Å²) in [7, 11) is 1.62. The molecule has 0 radical (unpaired) electrons. The maximum atomic E-state index is 11.2. The Labute approximate surface area is 139 Å². The summed E-state index contributed by atoms with van der Waals surface area (Å²) in [5.41, 5.74) is 1.57. The van der Waals surface area contributed by atoms with Crippen LogP contribution < -0.4 is 4.74 Å². The molecule has 0 saturated heterocycles. The SMILES string of the molecule is CC[C@H](Sc1nc(CO)cn1Cc1ccc(OC)cc1)C(=O)O. The number of thioether (sulfide) groups is 1. The van der Waals surface area contributed by atoms with Gasteiger partial charge in [0.25, 0.3) is 0 Å². The van der Waals surface area contributed by atoms with Crippen LogP contribution in [-0.2, 0) is 17.9 Å². The predicted octanol–water partition coefficient (Wildman–Crippen LogP) is 2.39. The molecule has 1 heterocycles. The number of hydrogen-bond acceptors (Lipinski definition) is 5. The minimum Gasteiger partial charge on any atom is -0.497 e. The van der Waals surface area contributed by atoms with E-state index in [2.05, 4.69) is 4.98 Å². The van der Waals surface area contributed by atoms with Crippen LogP contribution in [0.15, 0.2) is 35.6 Å². The Kier molecular flexibility index (Phi) is 6.06. The Morgan fingerprint density at radius 2 is 2.09 bits per heavy atom. The quantitative estimate of drug-likeness (QED) is 0.720. The van der Waals surface area contributed by atoms with E-state index >= 15 is 0 Å². The molecule has 0 spiro atoms. The van der Waals surface area contributed by atoms with Crippen LogP contribution in [0.2, 0.25) is 0 Å². The van der Waals surface area contributed by atoms with E-state index in [1.165, 1.54) is 11.8 Å². The van der Waals surface area contributed by atoms with E-state index in [0.29, 0.717) is 23.8 Å². The number of ether oxygens (including phenoxy) is 1. The lowest BCUT2D eigenvalue weighted by atomic mass is 10.2. The normalized spacial score (nSPS) is 12.1. The van der Waals surface area contributed by atoms with Gasteiger partial charge in [-0.05, 0) is 24.1 Å². The summed E-state index contributed by atoms with van der Waals surface area (Å²) < 4.78 is 7.00. The summed E-state index contributed by atoms with van der Waals surface area (Å²) in [4.78, 5) is 15.5. The predicted molar refractivity (Wildman–Crippen MR) is 87.8 cm³/mol. The highest BCUT2D eigenvalue weighted by Gasteiger charge is 2.20. The summed E-state index contributed by atoms with van der Waals surface area (Å²) in [6.07, 6.45) is 2.25. The number of carboxylic acids is 1.